The van der Waals surface area contributed by atoms with Crippen molar-refractivity contribution in [1.82, 2.24) is 16.0 Å². The number of hydrogen-bond donors (Lipinski definition) is 8. The molecular weight excluding hydrogens is 434 g/mol. The number of aliphatic carboxylic acids is 2. The summed E-state index contributed by atoms with van der Waals surface area (Å²) in [5.41, 5.74) is 10.6. The van der Waals surface area contributed by atoms with Gasteiger partial charge in [0.2, 0.25) is 23.6 Å². The summed E-state index contributed by atoms with van der Waals surface area (Å²) in [7, 11) is 0. The Bertz CT molecular complexity index is 702. The summed E-state index contributed by atoms with van der Waals surface area (Å²) in [4.78, 5) is 70.3. The Labute approximate surface area is 184 Å². The maximum Gasteiger partial charge on any atom is 0.327 e. The van der Waals surface area contributed by atoms with Crippen molar-refractivity contribution in [1.29, 1.82) is 0 Å². The van der Waals surface area contributed by atoms with Crippen LogP contribution in [-0.2, 0) is 28.8 Å². The lowest BCUT2D eigenvalue weighted by Gasteiger charge is -2.25. The van der Waals surface area contributed by atoms with E-state index in [0.717, 1.165) is 0 Å². The zero-order valence-corrected chi connectivity index (χ0v) is 18.1. The third-order valence-electron chi connectivity index (χ3n) is 3.91. The van der Waals surface area contributed by atoms with Crippen molar-refractivity contribution in [2.24, 2.45) is 17.4 Å². The van der Waals surface area contributed by atoms with Gasteiger partial charge >= 0.3 is 11.9 Å². The third-order valence-corrected chi connectivity index (χ3v) is 4.27. The van der Waals surface area contributed by atoms with E-state index < -0.39 is 72.6 Å². The molecule has 4 unspecified atom stereocenters. The van der Waals surface area contributed by atoms with E-state index in [2.05, 4.69) is 28.6 Å². The van der Waals surface area contributed by atoms with Gasteiger partial charge in [0.1, 0.15) is 18.1 Å². The summed E-state index contributed by atoms with van der Waals surface area (Å²) < 4.78 is 0. The molecule has 0 saturated heterocycles. The fraction of sp³-hybridized carbons (Fsp3) is 0.647. The van der Waals surface area contributed by atoms with Gasteiger partial charge in [0.15, 0.2) is 0 Å². The Kier molecular flexibility index (Phi) is 12.2. The quantitative estimate of drug-likeness (QED) is 0.124. The number of carbonyl (C=O) groups is 6. The molecule has 0 aromatic carbocycles. The molecule has 13 nitrogen and oxygen atoms in total. The van der Waals surface area contributed by atoms with E-state index in [4.69, 9.17) is 21.7 Å². The summed E-state index contributed by atoms with van der Waals surface area (Å²) in [6, 6.07) is -5.48. The zero-order valence-electron chi connectivity index (χ0n) is 17.2. The van der Waals surface area contributed by atoms with Crippen molar-refractivity contribution in [3.63, 3.8) is 0 Å². The van der Waals surface area contributed by atoms with Crippen LogP contribution in [0.5, 0.6) is 0 Å². The topological polar surface area (TPSA) is 231 Å². The molecule has 0 radical (unpaired) electrons. The second-order valence-electron chi connectivity index (χ2n) is 7.21. The number of carboxylic acids is 2. The molecule has 0 aromatic rings. The number of nitrogens with two attached hydrogens (primary N) is 2. The van der Waals surface area contributed by atoms with Crippen LogP contribution in [0, 0.1) is 5.92 Å². The number of hydrogen-bond acceptors (Lipinski definition) is 8. The Morgan fingerprint density at radius 1 is 0.839 bits per heavy atom. The van der Waals surface area contributed by atoms with Crippen molar-refractivity contribution in [3.05, 3.63) is 0 Å². The fourth-order valence-electron chi connectivity index (χ4n) is 2.40. The van der Waals surface area contributed by atoms with Gasteiger partial charge < -0.3 is 37.6 Å². The van der Waals surface area contributed by atoms with Crippen LogP contribution in [0.3, 0.4) is 0 Å². The highest BCUT2D eigenvalue weighted by molar-refractivity contribution is 7.80. The van der Waals surface area contributed by atoms with Gasteiger partial charge in [-0.25, -0.2) is 4.79 Å². The largest absolute Gasteiger partial charge is 0.481 e. The first-order valence-corrected chi connectivity index (χ1v) is 9.92. The average molecular weight is 464 g/mol. The SMILES string of the molecule is CC(C)CC(NC(=O)C(N)CC(=O)O)C(=O)NC(CC(N)=O)C(=O)NC(CS)C(=O)O. The lowest BCUT2D eigenvalue weighted by molar-refractivity contribution is -0.141. The maximum atomic E-state index is 12.7. The highest BCUT2D eigenvalue weighted by Crippen LogP contribution is 2.07. The predicted octanol–water partition coefficient (Wildman–Crippen LogP) is -2.82. The minimum atomic E-state index is -1.51. The second kappa shape index (κ2) is 13.4. The molecule has 0 rings (SSSR count). The monoisotopic (exact) mass is 463 g/mol. The van der Waals surface area contributed by atoms with Crippen molar-refractivity contribution < 1.29 is 39.0 Å². The first-order chi connectivity index (χ1) is 14.3. The summed E-state index contributed by atoms with van der Waals surface area (Å²) in [5, 5.41) is 24.5. The van der Waals surface area contributed by atoms with Crippen molar-refractivity contribution in [2.75, 3.05) is 5.75 Å². The first kappa shape index (κ1) is 28.1. The molecule has 0 saturated carbocycles. The average Bonchev–Trinajstić information content (AvgIpc) is 2.62. The maximum absolute atomic E-state index is 12.7. The van der Waals surface area contributed by atoms with Gasteiger partial charge in [-0.3, -0.25) is 24.0 Å². The Balaban J connectivity index is 5.45. The molecule has 4 amide bonds. The Hall–Kier alpha value is -2.87. The molecule has 0 fully saturated rings. The molecular formula is C17H29N5O8S. The molecule has 0 aliphatic carbocycles. The highest BCUT2D eigenvalue weighted by atomic mass is 32.1. The van der Waals surface area contributed by atoms with Gasteiger partial charge in [-0.05, 0) is 12.3 Å². The van der Waals surface area contributed by atoms with E-state index in [1.807, 2.05) is 0 Å². The summed E-state index contributed by atoms with van der Waals surface area (Å²) in [5.74, 6) is -6.68. The van der Waals surface area contributed by atoms with Crippen LogP contribution in [0.2, 0.25) is 0 Å². The van der Waals surface area contributed by atoms with E-state index in [0.29, 0.717) is 0 Å². The van der Waals surface area contributed by atoms with E-state index >= 15 is 0 Å². The van der Waals surface area contributed by atoms with Crippen LogP contribution in [0.15, 0.2) is 0 Å². The van der Waals surface area contributed by atoms with Crippen LogP contribution in [-0.4, -0.2) is 75.7 Å². The summed E-state index contributed by atoms with van der Waals surface area (Å²) >= 11 is 3.81. The van der Waals surface area contributed by atoms with Crippen LogP contribution in [0.4, 0.5) is 0 Å². The number of nitrogens with one attached hydrogen (secondary N) is 3. The molecule has 4 atom stereocenters. The summed E-state index contributed by atoms with van der Waals surface area (Å²) in [6.07, 6.45) is -1.18. The predicted molar refractivity (Wildman–Crippen MR) is 111 cm³/mol. The molecule has 176 valence electrons. The van der Waals surface area contributed by atoms with Gasteiger partial charge in [-0.15, -0.1) is 0 Å². The van der Waals surface area contributed by atoms with Crippen molar-refractivity contribution in [2.45, 2.75) is 57.3 Å². The molecule has 9 N–H and O–H groups in total. The number of primary amides is 1. The van der Waals surface area contributed by atoms with Crippen molar-refractivity contribution in [3.8, 4) is 0 Å². The van der Waals surface area contributed by atoms with Gasteiger partial charge in [-0.2, -0.15) is 12.6 Å². The van der Waals surface area contributed by atoms with Crippen LogP contribution < -0.4 is 27.4 Å². The van der Waals surface area contributed by atoms with Gasteiger partial charge in [0.05, 0.1) is 18.9 Å². The molecule has 14 heteroatoms. The number of carbonyl (C=O) groups excluding carboxylic acids is 4. The molecule has 0 aliphatic heterocycles. The van der Waals surface area contributed by atoms with E-state index in [1.54, 1.807) is 13.8 Å². The fourth-order valence-corrected chi connectivity index (χ4v) is 2.65. The van der Waals surface area contributed by atoms with E-state index in [1.165, 1.54) is 0 Å². The number of thiol groups is 1. The minimum absolute atomic E-state index is 0.101. The lowest BCUT2D eigenvalue weighted by atomic mass is 10.0. The molecule has 0 heterocycles. The molecule has 0 spiro atoms. The van der Waals surface area contributed by atoms with Gasteiger partial charge in [0, 0.05) is 5.75 Å². The standard InChI is InChI=1S/C17H29N5O8S/c1-7(2)3-9(20-14(26)8(18)4-13(24)25)15(27)21-10(5-12(19)23)16(28)22-11(6-31)17(29)30/h7-11,31H,3-6,18H2,1-2H3,(H2,19,23)(H,20,26)(H,21,27)(H,22,28)(H,24,25)(H,29,30). The van der Waals surface area contributed by atoms with E-state index in [-0.39, 0.29) is 18.1 Å². The number of amides is 4. The van der Waals surface area contributed by atoms with Crippen LogP contribution >= 0.6 is 12.6 Å². The van der Waals surface area contributed by atoms with Crippen LogP contribution in [0.1, 0.15) is 33.1 Å². The minimum Gasteiger partial charge on any atom is -0.481 e. The zero-order chi connectivity index (χ0) is 24.3. The second-order valence-corrected chi connectivity index (χ2v) is 7.57. The van der Waals surface area contributed by atoms with Crippen LogP contribution in [0.25, 0.3) is 0 Å². The molecule has 0 bridgehead atoms. The number of carboxylic acid groups (broad SMARTS) is 2. The first-order valence-electron chi connectivity index (χ1n) is 9.28. The molecule has 0 aromatic heterocycles. The Morgan fingerprint density at radius 3 is 1.74 bits per heavy atom. The smallest absolute Gasteiger partial charge is 0.327 e. The number of rotatable bonds is 14. The molecule has 31 heavy (non-hydrogen) atoms. The van der Waals surface area contributed by atoms with E-state index in [9.17, 15) is 28.8 Å². The highest BCUT2D eigenvalue weighted by Gasteiger charge is 2.31. The normalized spacial score (nSPS) is 14.6. The van der Waals surface area contributed by atoms with Crippen molar-refractivity contribution >= 4 is 48.2 Å². The Morgan fingerprint density at radius 2 is 1.32 bits per heavy atom. The van der Waals surface area contributed by atoms with Gasteiger partial charge in [0.25, 0.3) is 0 Å². The summed E-state index contributed by atoms with van der Waals surface area (Å²) in [6.45, 7) is 3.50. The van der Waals surface area contributed by atoms with Gasteiger partial charge in [-0.1, -0.05) is 13.8 Å². The molecule has 0 aliphatic rings. The lowest BCUT2D eigenvalue weighted by Crippen LogP contribution is -2.58. The third kappa shape index (κ3) is 11.2.